The SMILES string of the molecule is CC(C)(C)[Si](C)(C)OC1CC(C2CO2)Oc2ccc(F)cc21. The van der Waals surface area contributed by atoms with Gasteiger partial charge in [0, 0.05) is 12.0 Å². The zero-order valence-electron chi connectivity index (χ0n) is 14.0. The summed E-state index contributed by atoms with van der Waals surface area (Å²) >= 11 is 0. The molecule has 3 nitrogen and oxygen atoms in total. The highest BCUT2D eigenvalue weighted by Gasteiger charge is 2.45. The van der Waals surface area contributed by atoms with Crippen molar-refractivity contribution in [2.45, 2.75) is 63.6 Å². The van der Waals surface area contributed by atoms with E-state index in [1.165, 1.54) is 6.07 Å². The summed E-state index contributed by atoms with van der Waals surface area (Å²) in [6.07, 6.45) is 0.777. The first kappa shape index (κ1) is 16.0. The third-order valence-corrected chi connectivity index (χ3v) is 9.55. The maximum atomic E-state index is 13.7. The number of fused-ring (bicyclic) bond motifs is 1. The maximum Gasteiger partial charge on any atom is 0.192 e. The molecule has 2 heterocycles. The highest BCUT2D eigenvalue weighted by molar-refractivity contribution is 6.74. The van der Waals surface area contributed by atoms with Gasteiger partial charge in [0.05, 0.1) is 12.7 Å². The van der Waals surface area contributed by atoms with E-state index in [1.54, 1.807) is 12.1 Å². The van der Waals surface area contributed by atoms with Gasteiger partial charge in [-0.05, 0) is 36.3 Å². The van der Waals surface area contributed by atoms with Gasteiger partial charge in [-0.25, -0.2) is 4.39 Å². The molecule has 122 valence electrons. The zero-order valence-corrected chi connectivity index (χ0v) is 15.0. The average molecular weight is 324 g/mol. The summed E-state index contributed by atoms with van der Waals surface area (Å²) < 4.78 is 31.6. The minimum absolute atomic E-state index is 0.00716. The Balaban J connectivity index is 1.90. The highest BCUT2D eigenvalue weighted by Crippen LogP contribution is 2.45. The predicted octanol–water partition coefficient (Wildman–Crippen LogP) is 4.44. The fourth-order valence-electron chi connectivity index (χ4n) is 2.57. The second kappa shape index (κ2) is 5.32. The third-order valence-electron chi connectivity index (χ3n) is 5.06. The molecule has 3 unspecified atom stereocenters. The molecule has 1 aromatic carbocycles. The van der Waals surface area contributed by atoms with Gasteiger partial charge in [-0.3, -0.25) is 0 Å². The molecular formula is C17H25FO3Si. The third kappa shape index (κ3) is 3.07. The largest absolute Gasteiger partial charge is 0.487 e. The fraction of sp³-hybridized carbons (Fsp3) is 0.647. The van der Waals surface area contributed by atoms with Crippen LogP contribution in [0.5, 0.6) is 5.75 Å². The van der Waals surface area contributed by atoms with Gasteiger partial charge in [0.1, 0.15) is 23.8 Å². The molecule has 1 fully saturated rings. The number of epoxide rings is 1. The average Bonchev–Trinajstić information content (AvgIpc) is 3.21. The van der Waals surface area contributed by atoms with Crippen molar-refractivity contribution < 1.29 is 18.3 Å². The fourth-order valence-corrected chi connectivity index (χ4v) is 3.86. The van der Waals surface area contributed by atoms with Gasteiger partial charge in [0.2, 0.25) is 0 Å². The number of hydrogen-bond acceptors (Lipinski definition) is 3. The first-order valence-electron chi connectivity index (χ1n) is 7.93. The van der Waals surface area contributed by atoms with Gasteiger partial charge in [-0.1, -0.05) is 20.8 Å². The van der Waals surface area contributed by atoms with Crippen molar-refractivity contribution >= 4 is 8.32 Å². The van der Waals surface area contributed by atoms with Crippen LogP contribution in [0.1, 0.15) is 38.9 Å². The Bertz CT molecular complexity index is 564. The maximum absolute atomic E-state index is 13.7. The molecule has 2 aliphatic heterocycles. The number of benzene rings is 1. The van der Waals surface area contributed by atoms with Crippen LogP contribution in [0.4, 0.5) is 4.39 Å². The van der Waals surface area contributed by atoms with Crippen LogP contribution in [-0.4, -0.2) is 27.1 Å². The van der Waals surface area contributed by atoms with Crippen LogP contribution >= 0.6 is 0 Å². The lowest BCUT2D eigenvalue weighted by molar-refractivity contribution is 0.0561. The van der Waals surface area contributed by atoms with Crippen molar-refractivity contribution in [3.05, 3.63) is 29.6 Å². The van der Waals surface area contributed by atoms with Gasteiger partial charge < -0.3 is 13.9 Å². The van der Waals surface area contributed by atoms with Crippen molar-refractivity contribution in [1.82, 2.24) is 0 Å². The Hall–Kier alpha value is -0.913. The second-order valence-electron chi connectivity index (χ2n) is 7.81. The molecule has 0 aromatic heterocycles. The van der Waals surface area contributed by atoms with E-state index in [-0.39, 0.29) is 29.2 Å². The van der Waals surface area contributed by atoms with E-state index < -0.39 is 8.32 Å². The van der Waals surface area contributed by atoms with Crippen LogP contribution in [0.3, 0.4) is 0 Å². The Labute approximate surface area is 132 Å². The van der Waals surface area contributed by atoms with E-state index in [4.69, 9.17) is 13.9 Å². The van der Waals surface area contributed by atoms with Gasteiger partial charge >= 0.3 is 0 Å². The molecule has 3 atom stereocenters. The predicted molar refractivity (Wildman–Crippen MR) is 86.2 cm³/mol. The van der Waals surface area contributed by atoms with Crippen LogP contribution < -0.4 is 4.74 Å². The quantitative estimate of drug-likeness (QED) is 0.608. The van der Waals surface area contributed by atoms with Crippen molar-refractivity contribution in [3.63, 3.8) is 0 Å². The molecule has 22 heavy (non-hydrogen) atoms. The van der Waals surface area contributed by atoms with Gasteiger partial charge in [-0.15, -0.1) is 0 Å². The summed E-state index contributed by atoms with van der Waals surface area (Å²) in [5, 5.41) is 0.115. The summed E-state index contributed by atoms with van der Waals surface area (Å²) in [5.41, 5.74) is 0.835. The first-order valence-corrected chi connectivity index (χ1v) is 10.8. The lowest BCUT2D eigenvalue weighted by Gasteiger charge is -2.42. The van der Waals surface area contributed by atoms with Crippen LogP contribution in [0, 0.1) is 5.82 Å². The van der Waals surface area contributed by atoms with Crippen molar-refractivity contribution in [3.8, 4) is 5.75 Å². The van der Waals surface area contributed by atoms with Crippen molar-refractivity contribution in [2.24, 2.45) is 0 Å². The summed E-state index contributed by atoms with van der Waals surface area (Å²) in [6.45, 7) is 11.8. The standard InChI is InChI=1S/C17H25FO3Si/c1-17(2,3)22(4,5)21-14-9-15(16-10-19-16)20-13-7-6-11(18)8-12(13)14/h6-8,14-16H,9-10H2,1-5H3. The minimum atomic E-state index is -1.94. The second-order valence-corrected chi connectivity index (χ2v) is 12.6. The molecule has 0 aliphatic carbocycles. The van der Waals surface area contributed by atoms with E-state index in [2.05, 4.69) is 33.9 Å². The van der Waals surface area contributed by atoms with E-state index in [1.807, 2.05) is 0 Å². The summed E-state index contributed by atoms with van der Waals surface area (Å²) in [4.78, 5) is 0. The summed E-state index contributed by atoms with van der Waals surface area (Å²) in [6, 6.07) is 4.71. The van der Waals surface area contributed by atoms with Gasteiger partial charge in [0.25, 0.3) is 0 Å². The molecular weight excluding hydrogens is 299 g/mol. The normalized spacial score (nSPS) is 28.0. The molecule has 0 amide bonds. The Kier molecular flexibility index (Phi) is 3.86. The molecule has 0 saturated carbocycles. The Morgan fingerprint density at radius 3 is 2.50 bits per heavy atom. The van der Waals surface area contributed by atoms with Crippen LogP contribution in [0.15, 0.2) is 18.2 Å². The molecule has 0 N–H and O–H groups in total. The van der Waals surface area contributed by atoms with E-state index in [0.29, 0.717) is 0 Å². The molecule has 0 spiro atoms. The number of ether oxygens (including phenoxy) is 2. The Morgan fingerprint density at radius 1 is 1.23 bits per heavy atom. The summed E-state index contributed by atoms with van der Waals surface area (Å²) in [7, 11) is -1.94. The van der Waals surface area contributed by atoms with E-state index in [9.17, 15) is 4.39 Å². The van der Waals surface area contributed by atoms with Crippen molar-refractivity contribution in [1.29, 1.82) is 0 Å². The van der Waals surface area contributed by atoms with E-state index in [0.717, 1.165) is 24.3 Å². The number of rotatable bonds is 3. The zero-order chi connectivity index (χ0) is 16.1. The van der Waals surface area contributed by atoms with E-state index >= 15 is 0 Å². The van der Waals surface area contributed by atoms with Gasteiger partial charge in [0.15, 0.2) is 8.32 Å². The van der Waals surface area contributed by atoms with Crippen LogP contribution in [-0.2, 0) is 9.16 Å². The molecule has 1 aromatic rings. The van der Waals surface area contributed by atoms with Crippen LogP contribution in [0.2, 0.25) is 18.1 Å². The topological polar surface area (TPSA) is 31.0 Å². The minimum Gasteiger partial charge on any atom is -0.487 e. The first-order chi connectivity index (χ1) is 10.2. The number of hydrogen-bond donors (Lipinski definition) is 0. The molecule has 3 rings (SSSR count). The highest BCUT2D eigenvalue weighted by atomic mass is 28.4. The lowest BCUT2D eigenvalue weighted by atomic mass is 9.97. The molecule has 0 bridgehead atoms. The Morgan fingerprint density at radius 2 is 1.91 bits per heavy atom. The number of halogens is 1. The molecule has 2 aliphatic rings. The van der Waals surface area contributed by atoms with Gasteiger partial charge in [-0.2, -0.15) is 0 Å². The smallest absolute Gasteiger partial charge is 0.192 e. The summed E-state index contributed by atoms with van der Waals surface area (Å²) in [5.74, 6) is 0.490. The molecule has 0 radical (unpaired) electrons. The lowest BCUT2D eigenvalue weighted by Crippen LogP contribution is -2.44. The van der Waals surface area contributed by atoms with Crippen LogP contribution in [0.25, 0.3) is 0 Å². The molecule has 1 saturated heterocycles. The van der Waals surface area contributed by atoms with Crippen molar-refractivity contribution in [2.75, 3.05) is 6.61 Å². The monoisotopic (exact) mass is 324 g/mol. The molecule has 5 heteroatoms.